The highest BCUT2D eigenvalue weighted by Gasteiger charge is 2.30. The third-order valence-electron chi connectivity index (χ3n) is 6.77. The molecule has 4 aromatic rings. The zero-order valence-electron chi connectivity index (χ0n) is 22.1. The van der Waals surface area contributed by atoms with Crippen molar-refractivity contribution >= 4 is 10.9 Å². The van der Waals surface area contributed by atoms with Crippen LogP contribution in [-0.4, -0.2) is 43.8 Å². The first-order valence-electron chi connectivity index (χ1n) is 12.4. The fraction of sp³-hybridized carbons (Fsp3) is 0.429. The van der Waals surface area contributed by atoms with Crippen LogP contribution >= 0.6 is 0 Å². The average molecular weight is 489 g/mol. The van der Waals surface area contributed by atoms with Crippen molar-refractivity contribution in [2.75, 3.05) is 13.7 Å². The first kappa shape index (κ1) is 25.7. The number of nitrogens with zero attached hydrogens (tertiary/aromatic N) is 5. The summed E-state index contributed by atoms with van der Waals surface area (Å²) in [6.07, 6.45) is 0. The molecule has 1 unspecified atom stereocenters. The van der Waals surface area contributed by atoms with E-state index in [-0.39, 0.29) is 17.5 Å². The van der Waals surface area contributed by atoms with Gasteiger partial charge in [0.25, 0.3) is 5.56 Å². The van der Waals surface area contributed by atoms with Crippen LogP contribution in [0.2, 0.25) is 0 Å². The van der Waals surface area contributed by atoms with E-state index in [2.05, 4.69) is 90.4 Å². The van der Waals surface area contributed by atoms with Crippen molar-refractivity contribution in [3.8, 4) is 0 Å². The van der Waals surface area contributed by atoms with Gasteiger partial charge < -0.3 is 9.72 Å². The van der Waals surface area contributed by atoms with Gasteiger partial charge in [-0.2, -0.15) is 0 Å². The van der Waals surface area contributed by atoms with Crippen molar-refractivity contribution in [2.24, 2.45) is 5.92 Å². The number of aryl methyl sites for hydroxylation is 3. The molecule has 0 aliphatic rings. The molecule has 2 aromatic carbocycles. The maximum atomic E-state index is 13.2. The van der Waals surface area contributed by atoms with Crippen molar-refractivity contribution in [1.29, 1.82) is 0 Å². The van der Waals surface area contributed by atoms with Crippen molar-refractivity contribution in [2.45, 2.75) is 60.3 Å². The molecule has 0 saturated carbocycles. The molecule has 0 bridgehead atoms. The number of rotatable bonds is 10. The molecule has 190 valence electrons. The fourth-order valence-corrected chi connectivity index (χ4v) is 4.68. The minimum Gasteiger partial charge on any atom is -0.383 e. The van der Waals surface area contributed by atoms with E-state index in [0.29, 0.717) is 26.2 Å². The Hall–Kier alpha value is -3.36. The number of tetrazole rings is 1. The molecular formula is C28H36N6O2. The number of methoxy groups -OCH3 is 1. The Labute approximate surface area is 212 Å². The van der Waals surface area contributed by atoms with E-state index >= 15 is 0 Å². The second-order valence-corrected chi connectivity index (χ2v) is 9.98. The number of nitrogens with one attached hydrogen (secondary N) is 1. The van der Waals surface area contributed by atoms with E-state index in [4.69, 9.17) is 4.74 Å². The van der Waals surface area contributed by atoms with Crippen LogP contribution < -0.4 is 5.56 Å². The Bertz CT molecular complexity index is 1370. The second kappa shape index (κ2) is 11.1. The molecule has 0 aliphatic carbocycles. The van der Waals surface area contributed by atoms with Crippen LogP contribution in [0.15, 0.2) is 47.3 Å². The summed E-state index contributed by atoms with van der Waals surface area (Å²) in [5.74, 6) is 0.977. The molecule has 8 nitrogen and oxygen atoms in total. The summed E-state index contributed by atoms with van der Waals surface area (Å²) < 4.78 is 7.09. The number of benzene rings is 2. The van der Waals surface area contributed by atoms with Crippen molar-refractivity contribution in [3.05, 3.63) is 86.5 Å². The van der Waals surface area contributed by atoms with Crippen LogP contribution in [0.4, 0.5) is 0 Å². The van der Waals surface area contributed by atoms with Gasteiger partial charge in [-0.25, -0.2) is 4.68 Å². The number of aromatic amines is 1. The number of H-pyrrole nitrogens is 1. The number of pyridine rings is 1. The molecule has 0 saturated heterocycles. The highest BCUT2D eigenvalue weighted by Crippen LogP contribution is 2.30. The first-order chi connectivity index (χ1) is 17.3. The lowest BCUT2D eigenvalue weighted by Gasteiger charge is -2.33. The van der Waals surface area contributed by atoms with Gasteiger partial charge in [0.2, 0.25) is 0 Å². The maximum Gasteiger partial charge on any atom is 0.252 e. The summed E-state index contributed by atoms with van der Waals surface area (Å²) in [6, 6.07) is 14.6. The highest BCUT2D eigenvalue weighted by molar-refractivity contribution is 5.80. The lowest BCUT2D eigenvalue weighted by atomic mass is 9.99. The molecule has 36 heavy (non-hydrogen) atoms. The molecule has 0 radical (unpaired) electrons. The van der Waals surface area contributed by atoms with E-state index in [1.807, 2.05) is 16.8 Å². The predicted octanol–water partition coefficient (Wildman–Crippen LogP) is 4.49. The third kappa shape index (κ3) is 5.71. The second-order valence-electron chi connectivity index (χ2n) is 9.98. The summed E-state index contributed by atoms with van der Waals surface area (Å²) in [5, 5.41) is 13.7. The molecule has 2 heterocycles. The number of hydrogen-bond donors (Lipinski definition) is 1. The standard InChI is InChI=1S/C28H36N6O2/c1-18(2)26(27-30-31-32-34(27)11-12-36-6)33(16-22-9-7-19(3)8-10-22)17-24-15-23-13-20(4)21(5)14-25(23)29-28(24)35/h7-10,13-15,18,26H,11-12,16-17H2,1-6H3,(H,29,35). The predicted molar refractivity (Wildman–Crippen MR) is 142 cm³/mol. The molecule has 0 spiro atoms. The molecule has 0 amide bonds. The van der Waals surface area contributed by atoms with Crippen molar-refractivity contribution < 1.29 is 4.74 Å². The lowest BCUT2D eigenvalue weighted by Crippen LogP contribution is -2.35. The number of ether oxygens (including phenoxy) is 1. The van der Waals surface area contributed by atoms with Crippen molar-refractivity contribution in [3.63, 3.8) is 0 Å². The molecular weight excluding hydrogens is 452 g/mol. The molecule has 4 rings (SSSR count). The summed E-state index contributed by atoms with van der Waals surface area (Å²) in [4.78, 5) is 18.6. The van der Waals surface area contributed by atoms with Crippen LogP contribution in [0.25, 0.3) is 10.9 Å². The quantitative estimate of drug-likeness (QED) is 0.354. The zero-order valence-corrected chi connectivity index (χ0v) is 22.1. The third-order valence-corrected chi connectivity index (χ3v) is 6.77. The summed E-state index contributed by atoms with van der Waals surface area (Å²) in [5.41, 5.74) is 6.27. The Morgan fingerprint density at radius 3 is 2.44 bits per heavy atom. The van der Waals surface area contributed by atoms with E-state index in [1.54, 1.807) is 7.11 Å². The Morgan fingerprint density at radius 2 is 1.75 bits per heavy atom. The zero-order chi connectivity index (χ0) is 25.8. The Morgan fingerprint density at radius 1 is 1.03 bits per heavy atom. The van der Waals surface area contributed by atoms with Crippen LogP contribution in [-0.2, 0) is 24.4 Å². The van der Waals surface area contributed by atoms with E-state index in [9.17, 15) is 4.79 Å². The van der Waals surface area contributed by atoms with Gasteiger partial charge in [-0.05, 0) is 77.4 Å². The topological polar surface area (TPSA) is 88.9 Å². The van der Waals surface area contributed by atoms with Gasteiger partial charge in [0, 0.05) is 31.3 Å². The summed E-state index contributed by atoms with van der Waals surface area (Å²) >= 11 is 0. The molecule has 8 heteroatoms. The normalized spacial score (nSPS) is 12.7. The van der Waals surface area contributed by atoms with Crippen LogP contribution in [0.3, 0.4) is 0 Å². The molecule has 0 fully saturated rings. The Balaban J connectivity index is 1.77. The smallest absolute Gasteiger partial charge is 0.252 e. The summed E-state index contributed by atoms with van der Waals surface area (Å²) in [7, 11) is 1.67. The van der Waals surface area contributed by atoms with Gasteiger partial charge in [0.15, 0.2) is 5.82 Å². The van der Waals surface area contributed by atoms with Gasteiger partial charge in [0.05, 0.1) is 19.2 Å². The van der Waals surface area contributed by atoms with Gasteiger partial charge >= 0.3 is 0 Å². The lowest BCUT2D eigenvalue weighted by molar-refractivity contribution is 0.121. The molecule has 2 aromatic heterocycles. The highest BCUT2D eigenvalue weighted by atomic mass is 16.5. The SMILES string of the molecule is COCCn1nnnc1C(C(C)C)N(Cc1ccc(C)cc1)Cc1cc2cc(C)c(C)cc2[nH]c1=O. The van der Waals surface area contributed by atoms with Crippen LogP contribution in [0.5, 0.6) is 0 Å². The van der Waals surface area contributed by atoms with E-state index in [0.717, 1.165) is 27.9 Å². The Kier molecular flexibility index (Phi) is 7.96. The molecule has 1 atom stereocenters. The van der Waals surface area contributed by atoms with E-state index in [1.165, 1.54) is 16.7 Å². The van der Waals surface area contributed by atoms with Crippen molar-refractivity contribution in [1.82, 2.24) is 30.1 Å². The largest absolute Gasteiger partial charge is 0.383 e. The van der Waals surface area contributed by atoms with Crippen LogP contribution in [0.1, 0.15) is 53.5 Å². The molecule has 0 aliphatic heterocycles. The summed E-state index contributed by atoms with van der Waals surface area (Å²) in [6.45, 7) is 12.8. The van der Waals surface area contributed by atoms with Crippen LogP contribution in [0, 0.1) is 26.7 Å². The number of aromatic nitrogens is 5. The minimum absolute atomic E-state index is 0.0684. The van der Waals surface area contributed by atoms with Gasteiger partial charge in [-0.15, -0.1) is 5.10 Å². The minimum atomic E-state index is -0.104. The average Bonchev–Trinajstić information content (AvgIpc) is 3.28. The molecule has 1 N–H and O–H groups in total. The first-order valence-corrected chi connectivity index (χ1v) is 12.4. The number of fused-ring (bicyclic) bond motifs is 1. The monoisotopic (exact) mass is 488 g/mol. The van der Waals surface area contributed by atoms with Gasteiger partial charge in [-0.3, -0.25) is 9.69 Å². The fourth-order valence-electron chi connectivity index (χ4n) is 4.68. The van der Waals surface area contributed by atoms with Gasteiger partial charge in [-0.1, -0.05) is 43.7 Å². The van der Waals surface area contributed by atoms with E-state index < -0.39 is 0 Å². The van der Waals surface area contributed by atoms with Gasteiger partial charge in [0.1, 0.15) is 0 Å². The number of hydrogen-bond acceptors (Lipinski definition) is 6. The maximum absolute atomic E-state index is 13.2.